The Balaban J connectivity index is 3.47. The van der Waals surface area contributed by atoms with Gasteiger partial charge in [0.2, 0.25) is 0 Å². The zero-order valence-corrected chi connectivity index (χ0v) is 12.7. The molecule has 1 unspecified atom stereocenters. The van der Waals surface area contributed by atoms with Crippen molar-refractivity contribution in [3.63, 3.8) is 0 Å². The summed E-state index contributed by atoms with van der Waals surface area (Å²) >= 11 is 0. The third-order valence-corrected chi connectivity index (χ3v) is 2.82. The van der Waals surface area contributed by atoms with Gasteiger partial charge < -0.3 is 9.47 Å². The predicted octanol–water partition coefficient (Wildman–Crippen LogP) is 3.34. The molecule has 0 aliphatic rings. The van der Waals surface area contributed by atoms with Crippen LogP contribution in [0.2, 0.25) is 0 Å². The zero-order valence-electron chi connectivity index (χ0n) is 12.7. The second kappa shape index (κ2) is 10.8. The van der Waals surface area contributed by atoms with Crippen molar-refractivity contribution in [2.75, 3.05) is 13.2 Å². The molecule has 0 N–H and O–H groups in total. The van der Waals surface area contributed by atoms with Crippen LogP contribution in [0.15, 0.2) is 0 Å². The molecule has 0 bridgehead atoms. The number of hydrogen-bond acceptors (Lipinski definition) is 4. The lowest BCUT2D eigenvalue weighted by molar-refractivity contribution is -0.147. The van der Waals surface area contributed by atoms with Crippen LogP contribution in [-0.2, 0) is 19.1 Å². The maximum Gasteiger partial charge on any atom is 0.305 e. The topological polar surface area (TPSA) is 52.6 Å². The van der Waals surface area contributed by atoms with Gasteiger partial charge in [-0.3, -0.25) is 9.59 Å². The van der Waals surface area contributed by atoms with E-state index in [0.29, 0.717) is 50.7 Å². The molecule has 112 valence electrons. The van der Waals surface area contributed by atoms with Crippen molar-refractivity contribution in [1.29, 1.82) is 0 Å². The van der Waals surface area contributed by atoms with Crippen LogP contribution >= 0.6 is 0 Å². The first kappa shape index (κ1) is 17.9. The largest absolute Gasteiger partial charge is 0.465 e. The normalized spacial score (nSPS) is 12.3. The Morgan fingerprint density at radius 2 is 1.37 bits per heavy atom. The van der Waals surface area contributed by atoms with E-state index in [-0.39, 0.29) is 11.9 Å². The van der Waals surface area contributed by atoms with Crippen molar-refractivity contribution in [2.45, 2.75) is 59.8 Å². The molecule has 0 aromatic carbocycles. The Kier molecular flexibility index (Phi) is 10.2. The first-order valence-corrected chi connectivity index (χ1v) is 7.26. The molecular formula is C15H28O4. The molecule has 0 fully saturated rings. The molecule has 0 saturated heterocycles. The minimum atomic E-state index is -0.179. The third-order valence-electron chi connectivity index (χ3n) is 2.82. The summed E-state index contributed by atoms with van der Waals surface area (Å²) in [7, 11) is 0. The summed E-state index contributed by atoms with van der Waals surface area (Å²) in [6, 6.07) is 0. The monoisotopic (exact) mass is 272 g/mol. The number of carbonyl (C=O) groups is 2. The molecule has 0 aromatic heterocycles. The van der Waals surface area contributed by atoms with Crippen LogP contribution in [0.4, 0.5) is 0 Å². The summed E-state index contributed by atoms with van der Waals surface area (Å²) in [6.07, 6.45) is 3.12. The molecule has 0 spiro atoms. The first-order chi connectivity index (χ1) is 8.95. The lowest BCUT2D eigenvalue weighted by Crippen LogP contribution is -2.12. The Labute approximate surface area is 116 Å². The Bertz CT molecular complexity index is 261. The highest BCUT2D eigenvalue weighted by Crippen LogP contribution is 2.06. The van der Waals surface area contributed by atoms with E-state index in [0.717, 1.165) is 6.42 Å². The fraction of sp³-hybridized carbons (Fsp3) is 0.867. The van der Waals surface area contributed by atoms with Crippen LogP contribution in [0.1, 0.15) is 59.8 Å². The molecule has 19 heavy (non-hydrogen) atoms. The Morgan fingerprint density at radius 3 is 1.79 bits per heavy atom. The highest BCUT2D eigenvalue weighted by molar-refractivity contribution is 5.70. The van der Waals surface area contributed by atoms with E-state index in [1.54, 1.807) is 0 Å². The van der Waals surface area contributed by atoms with Crippen molar-refractivity contribution < 1.29 is 19.1 Å². The number of rotatable bonds is 10. The highest BCUT2D eigenvalue weighted by atomic mass is 16.5. The van der Waals surface area contributed by atoms with Crippen molar-refractivity contribution in [3.8, 4) is 0 Å². The van der Waals surface area contributed by atoms with Crippen LogP contribution in [0.25, 0.3) is 0 Å². The molecule has 0 radical (unpaired) electrons. The van der Waals surface area contributed by atoms with Gasteiger partial charge in [-0.25, -0.2) is 0 Å². The molecule has 0 heterocycles. The molecule has 0 aliphatic heterocycles. The molecule has 4 nitrogen and oxygen atoms in total. The lowest BCUT2D eigenvalue weighted by Gasteiger charge is -2.09. The zero-order chi connectivity index (χ0) is 14.7. The van der Waals surface area contributed by atoms with E-state index in [9.17, 15) is 9.59 Å². The summed E-state index contributed by atoms with van der Waals surface area (Å²) in [5, 5.41) is 0. The molecule has 0 aromatic rings. The molecule has 1 atom stereocenters. The summed E-state index contributed by atoms with van der Waals surface area (Å²) < 4.78 is 10.2. The number of carbonyl (C=O) groups excluding carboxylic acids is 2. The second-order valence-electron chi connectivity index (χ2n) is 5.48. The second-order valence-corrected chi connectivity index (χ2v) is 5.48. The number of esters is 2. The molecule has 0 amide bonds. The summed E-state index contributed by atoms with van der Waals surface area (Å²) in [6.45, 7) is 9.09. The minimum Gasteiger partial charge on any atom is -0.465 e. The van der Waals surface area contributed by atoms with Gasteiger partial charge in [-0.2, -0.15) is 0 Å². The van der Waals surface area contributed by atoms with Crippen molar-refractivity contribution >= 4 is 11.9 Å². The lowest BCUT2D eigenvalue weighted by atomic mass is 10.1. The van der Waals surface area contributed by atoms with Crippen LogP contribution in [0.3, 0.4) is 0 Å². The van der Waals surface area contributed by atoms with E-state index in [4.69, 9.17) is 9.47 Å². The maximum absolute atomic E-state index is 11.4. The van der Waals surface area contributed by atoms with Crippen LogP contribution in [0, 0.1) is 11.8 Å². The summed E-state index contributed by atoms with van der Waals surface area (Å²) in [5.41, 5.74) is 0. The average molecular weight is 272 g/mol. The molecule has 0 aliphatic carbocycles. The van der Waals surface area contributed by atoms with Gasteiger partial charge in [0.1, 0.15) is 0 Å². The molecule has 4 heteroatoms. The third kappa shape index (κ3) is 11.7. The SMILES string of the molecule is CCC(C)COC(=O)CCCCC(=O)OCC(C)C. The smallest absolute Gasteiger partial charge is 0.305 e. The molecule has 0 rings (SSSR count). The van der Waals surface area contributed by atoms with Crippen molar-refractivity contribution in [3.05, 3.63) is 0 Å². The van der Waals surface area contributed by atoms with Crippen LogP contribution < -0.4 is 0 Å². The molecule has 0 saturated carbocycles. The predicted molar refractivity (Wildman–Crippen MR) is 74.7 cm³/mol. The van der Waals surface area contributed by atoms with Gasteiger partial charge in [-0.1, -0.05) is 34.1 Å². The number of hydrogen-bond donors (Lipinski definition) is 0. The van der Waals surface area contributed by atoms with E-state index in [2.05, 4.69) is 13.8 Å². The number of ether oxygens (including phenoxy) is 2. The maximum atomic E-state index is 11.4. The van der Waals surface area contributed by atoms with Gasteiger partial charge in [0.25, 0.3) is 0 Å². The van der Waals surface area contributed by atoms with Crippen LogP contribution in [0.5, 0.6) is 0 Å². The van der Waals surface area contributed by atoms with Gasteiger partial charge in [0.05, 0.1) is 13.2 Å². The van der Waals surface area contributed by atoms with Gasteiger partial charge in [-0.05, 0) is 24.7 Å². The Morgan fingerprint density at radius 1 is 0.895 bits per heavy atom. The van der Waals surface area contributed by atoms with Gasteiger partial charge in [-0.15, -0.1) is 0 Å². The van der Waals surface area contributed by atoms with Gasteiger partial charge in [0, 0.05) is 12.8 Å². The van der Waals surface area contributed by atoms with Crippen molar-refractivity contribution in [2.24, 2.45) is 11.8 Å². The fourth-order valence-electron chi connectivity index (χ4n) is 1.30. The van der Waals surface area contributed by atoms with Crippen LogP contribution in [-0.4, -0.2) is 25.2 Å². The first-order valence-electron chi connectivity index (χ1n) is 7.26. The quantitative estimate of drug-likeness (QED) is 0.452. The van der Waals surface area contributed by atoms with E-state index in [1.165, 1.54) is 0 Å². The average Bonchev–Trinajstić information content (AvgIpc) is 2.38. The van der Waals surface area contributed by atoms with E-state index >= 15 is 0 Å². The van der Waals surface area contributed by atoms with E-state index in [1.807, 2.05) is 13.8 Å². The van der Waals surface area contributed by atoms with Gasteiger partial charge in [0.15, 0.2) is 0 Å². The highest BCUT2D eigenvalue weighted by Gasteiger charge is 2.08. The summed E-state index contributed by atoms with van der Waals surface area (Å²) in [4.78, 5) is 22.7. The minimum absolute atomic E-state index is 0.171. The van der Waals surface area contributed by atoms with Gasteiger partial charge >= 0.3 is 11.9 Å². The Hall–Kier alpha value is -1.06. The standard InChI is InChI=1S/C15H28O4/c1-5-13(4)11-19-15(17)9-7-6-8-14(16)18-10-12(2)3/h12-13H,5-11H2,1-4H3. The molecular weight excluding hydrogens is 244 g/mol. The van der Waals surface area contributed by atoms with Crippen molar-refractivity contribution in [1.82, 2.24) is 0 Å². The van der Waals surface area contributed by atoms with E-state index < -0.39 is 0 Å². The number of unbranched alkanes of at least 4 members (excludes halogenated alkanes) is 1. The summed E-state index contributed by atoms with van der Waals surface area (Å²) in [5.74, 6) is 0.423. The fourth-order valence-corrected chi connectivity index (χ4v) is 1.30.